The first-order valence-electron chi connectivity index (χ1n) is 18.1. The molecule has 2 aliphatic rings. The zero-order valence-electron chi connectivity index (χ0n) is 30.9. The molecule has 3 aromatic carbocycles. The van der Waals surface area contributed by atoms with Crippen LogP contribution in [0, 0.1) is 42.2 Å². The van der Waals surface area contributed by atoms with Gasteiger partial charge in [-0.1, -0.05) is 45.0 Å². The highest BCUT2D eigenvalue weighted by atomic mass is 35.5. The number of rotatable bonds is 14. The summed E-state index contributed by atoms with van der Waals surface area (Å²) in [5.74, 6) is 4.26. The van der Waals surface area contributed by atoms with Gasteiger partial charge in [-0.25, -0.2) is 9.69 Å². The Kier molecular flexibility index (Phi) is 20.0. The molecule has 3 aromatic rings. The molecule has 278 valence electrons. The number of hydrogen-bond acceptors (Lipinski definition) is 8. The normalized spacial score (nSPS) is 16.1. The summed E-state index contributed by atoms with van der Waals surface area (Å²) in [7, 11) is 0. The second-order valence-corrected chi connectivity index (χ2v) is 13.7. The molecule has 0 aromatic heterocycles. The molecule has 5 rings (SSSR count). The van der Waals surface area contributed by atoms with Crippen LogP contribution < -0.4 is 24.8 Å². The van der Waals surface area contributed by atoms with E-state index in [1.54, 1.807) is 48.5 Å². The van der Waals surface area contributed by atoms with Gasteiger partial charge in [0.25, 0.3) is 0 Å². The summed E-state index contributed by atoms with van der Waals surface area (Å²) in [5, 5.41) is 15.3. The van der Waals surface area contributed by atoms with E-state index in [9.17, 15) is 0 Å². The van der Waals surface area contributed by atoms with E-state index < -0.39 is 0 Å². The average molecular weight is 728 g/mol. The SMILES string of the molecule is C1CNCCN1.[C-]#[N+]c1ccc(OCC(C)CCl)cc1.[C-]#[N+]c1ccc(OCC(C)CN2CCN(CC(C)COc3ccc(C#N)cc3)CC2)cc1. The van der Waals surface area contributed by atoms with Crippen molar-refractivity contribution in [2.45, 2.75) is 20.8 Å². The smallest absolute Gasteiger partial charge is 0.187 e. The van der Waals surface area contributed by atoms with E-state index in [-0.39, 0.29) is 0 Å². The molecule has 3 unspecified atom stereocenters. The van der Waals surface area contributed by atoms with Crippen molar-refractivity contribution in [1.29, 1.82) is 5.26 Å². The first-order valence-corrected chi connectivity index (χ1v) is 18.6. The second-order valence-electron chi connectivity index (χ2n) is 13.4. The topological polar surface area (TPSA) is 90.7 Å². The molecule has 10 nitrogen and oxygen atoms in total. The molecule has 11 heteroatoms. The first kappa shape index (κ1) is 42.1. The summed E-state index contributed by atoms with van der Waals surface area (Å²) in [4.78, 5) is 11.7. The molecule has 2 saturated heterocycles. The van der Waals surface area contributed by atoms with Crippen molar-refractivity contribution in [3.63, 3.8) is 0 Å². The zero-order chi connectivity index (χ0) is 37.4. The van der Waals surface area contributed by atoms with Crippen LogP contribution in [0.5, 0.6) is 17.2 Å². The van der Waals surface area contributed by atoms with Crippen molar-refractivity contribution in [3.05, 3.63) is 101 Å². The van der Waals surface area contributed by atoms with Crippen LogP contribution in [0.25, 0.3) is 9.69 Å². The Balaban J connectivity index is 0.000000297. The maximum Gasteiger partial charge on any atom is 0.187 e. The molecule has 2 fully saturated rings. The monoisotopic (exact) mass is 727 g/mol. The predicted molar refractivity (Wildman–Crippen MR) is 210 cm³/mol. The Morgan fingerprint density at radius 3 is 1.29 bits per heavy atom. The van der Waals surface area contributed by atoms with Crippen molar-refractivity contribution in [3.8, 4) is 23.3 Å². The molecule has 52 heavy (non-hydrogen) atoms. The third kappa shape index (κ3) is 17.2. The van der Waals surface area contributed by atoms with Crippen LogP contribution in [-0.4, -0.2) is 101 Å². The number of nitrogens with one attached hydrogen (secondary N) is 2. The number of ether oxygens (including phenoxy) is 3. The first-order chi connectivity index (χ1) is 25.3. The molecule has 0 spiro atoms. The molecule has 2 heterocycles. The largest absolute Gasteiger partial charge is 0.493 e. The highest BCUT2D eigenvalue weighted by Crippen LogP contribution is 2.20. The number of halogens is 1. The van der Waals surface area contributed by atoms with Crippen molar-refractivity contribution < 1.29 is 14.2 Å². The van der Waals surface area contributed by atoms with Crippen LogP contribution in [0.2, 0.25) is 0 Å². The van der Waals surface area contributed by atoms with Gasteiger partial charge in [0, 0.05) is 89.1 Å². The van der Waals surface area contributed by atoms with Crippen LogP contribution in [0.4, 0.5) is 11.4 Å². The third-order valence-electron chi connectivity index (χ3n) is 8.34. The van der Waals surface area contributed by atoms with Gasteiger partial charge < -0.3 is 34.6 Å². The fourth-order valence-corrected chi connectivity index (χ4v) is 5.45. The van der Waals surface area contributed by atoms with Gasteiger partial charge in [0.1, 0.15) is 17.2 Å². The van der Waals surface area contributed by atoms with Gasteiger partial charge in [-0.3, -0.25) is 0 Å². The minimum atomic E-state index is 0.345. The van der Waals surface area contributed by atoms with Crippen LogP contribution in [0.1, 0.15) is 26.3 Å². The Hall–Kier alpha value is -4.34. The molecule has 3 atom stereocenters. The molecule has 0 amide bonds. The van der Waals surface area contributed by atoms with Gasteiger partial charge >= 0.3 is 0 Å². The number of piperazine rings is 2. The molecular formula is C41H54ClN7O3. The number of benzene rings is 3. The number of alkyl halides is 1. The lowest BCUT2D eigenvalue weighted by Gasteiger charge is -2.37. The molecule has 2 N–H and O–H groups in total. The van der Waals surface area contributed by atoms with E-state index >= 15 is 0 Å². The van der Waals surface area contributed by atoms with E-state index in [1.807, 2.05) is 31.2 Å². The average Bonchev–Trinajstić information content (AvgIpc) is 3.20. The van der Waals surface area contributed by atoms with Crippen LogP contribution >= 0.6 is 11.6 Å². The Labute approximate surface area is 316 Å². The van der Waals surface area contributed by atoms with Gasteiger partial charge in [-0.05, 0) is 48.5 Å². The molecule has 0 aliphatic carbocycles. The van der Waals surface area contributed by atoms with Gasteiger partial charge in [0.15, 0.2) is 11.4 Å². The highest BCUT2D eigenvalue weighted by molar-refractivity contribution is 6.18. The summed E-state index contributed by atoms with van der Waals surface area (Å²) in [5.41, 5.74) is 1.92. The van der Waals surface area contributed by atoms with E-state index in [0.717, 1.165) is 82.7 Å². The van der Waals surface area contributed by atoms with Crippen LogP contribution in [0.15, 0.2) is 72.8 Å². The van der Waals surface area contributed by atoms with Crippen molar-refractivity contribution in [1.82, 2.24) is 20.4 Å². The molecule has 0 radical (unpaired) electrons. The van der Waals surface area contributed by atoms with E-state index in [4.69, 9.17) is 44.2 Å². The molecule has 0 saturated carbocycles. The van der Waals surface area contributed by atoms with Crippen LogP contribution in [0.3, 0.4) is 0 Å². The van der Waals surface area contributed by atoms with Gasteiger partial charge in [0.05, 0.1) is 44.6 Å². The van der Waals surface area contributed by atoms with Crippen molar-refractivity contribution in [2.24, 2.45) is 17.8 Å². The van der Waals surface area contributed by atoms with E-state index in [2.05, 4.69) is 50.0 Å². The number of nitrogens with zero attached hydrogens (tertiary/aromatic N) is 5. The summed E-state index contributed by atoms with van der Waals surface area (Å²) >= 11 is 5.65. The number of hydrogen-bond donors (Lipinski definition) is 2. The van der Waals surface area contributed by atoms with E-state index in [1.165, 1.54) is 0 Å². The third-order valence-corrected chi connectivity index (χ3v) is 8.87. The summed E-state index contributed by atoms with van der Waals surface area (Å²) < 4.78 is 17.2. The minimum absolute atomic E-state index is 0.345. The maximum absolute atomic E-state index is 8.87. The van der Waals surface area contributed by atoms with Crippen molar-refractivity contribution >= 4 is 23.0 Å². The predicted octanol–water partition coefficient (Wildman–Crippen LogP) is 7.13. The number of nitriles is 1. The second kappa shape index (κ2) is 24.8. The lowest BCUT2D eigenvalue weighted by Crippen LogP contribution is -2.49. The quantitative estimate of drug-likeness (QED) is 0.134. The Bertz CT molecular complexity index is 1430. The summed E-state index contributed by atoms with van der Waals surface area (Å²) in [6, 6.07) is 23.8. The summed E-state index contributed by atoms with van der Waals surface area (Å²) in [6.45, 7) is 33.2. The Morgan fingerprint density at radius 2 is 0.981 bits per heavy atom. The van der Waals surface area contributed by atoms with Gasteiger partial charge in [0.2, 0.25) is 0 Å². The zero-order valence-corrected chi connectivity index (χ0v) is 31.7. The fraction of sp³-hybridized carbons (Fsp3) is 0.488. The standard InChI is InChI=1S/C26H32N4O2.C11H12ClNO.C4H10N2/c1-21(19-31-25-8-4-23(16-27)5-9-25)17-29-12-14-30(15-13-29)18-22(2)20-32-26-10-6-24(28-3)7-11-26;1-9(7-12)8-14-11-5-3-10(13-2)4-6-11;1-2-6-4-3-5-1/h4-11,21-22H,12-15,17-20H2,1-2H3;3-6,9H,7-8H2,1H3;5-6H,1-4H2. The lowest BCUT2D eigenvalue weighted by atomic mass is 10.1. The highest BCUT2D eigenvalue weighted by Gasteiger charge is 2.20. The summed E-state index contributed by atoms with van der Waals surface area (Å²) in [6.07, 6.45) is 0. The van der Waals surface area contributed by atoms with E-state index in [0.29, 0.717) is 60.4 Å². The van der Waals surface area contributed by atoms with Crippen molar-refractivity contribution in [2.75, 3.05) is 91.1 Å². The van der Waals surface area contributed by atoms with Gasteiger partial charge in [-0.15, -0.1) is 11.6 Å². The van der Waals surface area contributed by atoms with Gasteiger partial charge in [-0.2, -0.15) is 5.26 Å². The molecule has 2 aliphatic heterocycles. The Morgan fingerprint density at radius 1 is 0.635 bits per heavy atom. The molecule has 0 bridgehead atoms. The lowest BCUT2D eigenvalue weighted by molar-refractivity contribution is 0.0922. The fourth-order valence-electron chi connectivity index (χ4n) is 5.36. The maximum atomic E-state index is 8.87. The minimum Gasteiger partial charge on any atom is -0.493 e. The molecular weight excluding hydrogens is 674 g/mol. The van der Waals surface area contributed by atoms with Crippen LogP contribution in [-0.2, 0) is 0 Å².